The van der Waals surface area contributed by atoms with Crippen molar-refractivity contribution >= 4 is 0 Å². The first-order valence-electron chi connectivity index (χ1n) is 5.76. The van der Waals surface area contributed by atoms with Gasteiger partial charge in [0.25, 0.3) is 0 Å². The largest absolute Gasteiger partial charge is 0.493 e. The normalized spacial score (nSPS) is 13.7. The van der Waals surface area contributed by atoms with Gasteiger partial charge in [-0.25, -0.2) is 0 Å². The monoisotopic (exact) mass is 265 g/mol. The van der Waals surface area contributed by atoms with Gasteiger partial charge in [-0.1, -0.05) is 6.92 Å². The molecule has 0 fully saturated rings. The Hall–Kier alpha value is -1.24. The van der Waals surface area contributed by atoms with Crippen LogP contribution in [0.15, 0.2) is 6.20 Å². The van der Waals surface area contributed by atoms with Crippen molar-refractivity contribution in [2.24, 2.45) is 0 Å². The first-order valence-corrected chi connectivity index (χ1v) is 5.76. The SMILES string of the molecule is CCCn1ncc(OC)c1C(CC(F)(F)F)NC. The number of nitrogens with one attached hydrogen (secondary N) is 1. The molecule has 1 N–H and O–H groups in total. The Morgan fingerprint density at radius 1 is 1.50 bits per heavy atom. The lowest BCUT2D eigenvalue weighted by molar-refractivity contribution is -0.140. The fraction of sp³-hybridized carbons (Fsp3) is 0.727. The zero-order valence-corrected chi connectivity index (χ0v) is 10.7. The Bertz CT molecular complexity index is 376. The molecule has 1 aromatic heterocycles. The van der Waals surface area contributed by atoms with Crippen LogP contribution >= 0.6 is 0 Å². The van der Waals surface area contributed by atoms with E-state index in [4.69, 9.17) is 4.74 Å². The molecule has 1 aromatic rings. The van der Waals surface area contributed by atoms with Crippen LogP contribution in [0.4, 0.5) is 13.2 Å². The van der Waals surface area contributed by atoms with Crippen molar-refractivity contribution in [2.75, 3.05) is 14.2 Å². The summed E-state index contributed by atoms with van der Waals surface area (Å²) in [6.07, 6.45) is -2.94. The van der Waals surface area contributed by atoms with E-state index in [9.17, 15) is 13.2 Å². The predicted molar refractivity (Wildman–Crippen MR) is 61.5 cm³/mol. The third kappa shape index (κ3) is 3.63. The number of hydrogen-bond acceptors (Lipinski definition) is 3. The third-order valence-corrected chi connectivity index (χ3v) is 2.61. The lowest BCUT2D eigenvalue weighted by atomic mass is 10.1. The van der Waals surface area contributed by atoms with E-state index in [0.29, 0.717) is 18.0 Å². The zero-order valence-electron chi connectivity index (χ0n) is 10.7. The fourth-order valence-electron chi connectivity index (χ4n) is 1.84. The summed E-state index contributed by atoms with van der Waals surface area (Å²) in [7, 11) is 2.93. The van der Waals surface area contributed by atoms with Crippen molar-refractivity contribution in [3.8, 4) is 5.75 Å². The van der Waals surface area contributed by atoms with Gasteiger partial charge in [0.1, 0.15) is 0 Å². The number of methoxy groups -OCH3 is 1. The number of aromatic nitrogens is 2. The zero-order chi connectivity index (χ0) is 13.8. The molecule has 1 heterocycles. The smallest absolute Gasteiger partial charge is 0.390 e. The van der Waals surface area contributed by atoms with E-state index < -0.39 is 18.6 Å². The molecule has 7 heteroatoms. The average molecular weight is 265 g/mol. The van der Waals surface area contributed by atoms with Crippen molar-refractivity contribution in [1.82, 2.24) is 15.1 Å². The van der Waals surface area contributed by atoms with Crippen molar-refractivity contribution in [3.63, 3.8) is 0 Å². The van der Waals surface area contributed by atoms with Gasteiger partial charge in [0.2, 0.25) is 0 Å². The van der Waals surface area contributed by atoms with Crippen LogP contribution in [0.5, 0.6) is 5.75 Å². The number of nitrogens with zero attached hydrogens (tertiary/aromatic N) is 2. The van der Waals surface area contributed by atoms with E-state index in [1.807, 2.05) is 6.92 Å². The number of rotatable bonds is 6. The van der Waals surface area contributed by atoms with Crippen LogP contribution in [0.25, 0.3) is 0 Å². The highest BCUT2D eigenvalue weighted by atomic mass is 19.4. The number of aryl methyl sites for hydroxylation is 1. The Morgan fingerprint density at radius 2 is 2.17 bits per heavy atom. The molecule has 0 aliphatic rings. The molecule has 0 spiro atoms. The molecule has 4 nitrogen and oxygen atoms in total. The van der Waals surface area contributed by atoms with Crippen molar-refractivity contribution in [3.05, 3.63) is 11.9 Å². The van der Waals surface area contributed by atoms with E-state index >= 15 is 0 Å². The Kier molecular flexibility index (Phi) is 5.01. The van der Waals surface area contributed by atoms with Crippen molar-refractivity contribution in [2.45, 2.75) is 38.5 Å². The van der Waals surface area contributed by atoms with Gasteiger partial charge in [-0.05, 0) is 13.5 Å². The summed E-state index contributed by atoms with van der Waals surface area (Å²) < 4.78 is 44.2. The van der Waals surface area contributed by atoms with E-state index in [1.54, 1.807) is 4.68 Å². The Balaban J connectivity index is 3.05. The molecule has 0 aliphatic carbocycles. The molecule has 18 heavy (non-hydrogen) atoms. The molecule has 0 aromatic carbocycles. The van der Waals surface area contributed by atoms with Crippen LogP contribution in [0.3, 0.4) is 0 Å². The minimum absolute atomic E-state index is 0.382. The molecule has 0 saturated heterocycles. The lowest BCUT2D eigenvalue weighted by Crippen LogP contribution is -2.26. The van der Waals surface area contributed by atoms with Crippen LogP contribution in [0, 0.1) is 0 Å². The van der Waals surface area contributed by atoms with Crippen LogP contribution in [-0.4, -0.2) is 30.1 Å². The second-order valence-electron chi connectivity index (χ2n) is 3.98. The molecule has 0 radical (unpaired) electrons. The minimum Gasteiger partial charge on any atom is -0.493 e. The van der Waals surface area contributed by atoms with Gasteiger partial charge >= 0.3 is 6.18 Å². The molecule has 1 rings (SSSR count). The molecule has 0 saturated carbocycles. The molecule has 0 amide bonds. The molecule has 0 bridgehead atoms. The number of hydrogen-bond donors (Lipinski definition) is 1. The molecule has 0 aliphatic heterocycles. The fourth-order valence-corrected chi connectivity index (χ4v) is 1.84. The van der Waals surface area contributed by atoms with Gasteiger partial charge in [0.05, 0.1) is 31.5 Å². The van der Waals surface area contributed by atoms with Crippen LogP contribution in [-0.2, 0) is 6.54 Å². The average Bonchev–Trinajstić information content (AvgIpc) is 2.68. The van der Waals surface area contributed by atoms with Gasteiger partial charge in [0.15, 0.2) is 5.75 Å². The quantitative estimate of drug-likeness (QED) is 0.859. The molecule has 1 unspecified atom stereocenters. The first kappa shape index (κ1) is 14.8. The van der Waals surface area contributed by atoms with E-state index in [-0.39, 0.29) is 0 Å². The Morgan fingerprint density at radius 3 is 2.61 bits per heavy atom. The topological polar surface area (TPSA) is 39.1 Å². The molecule has 1 atom stereocenters. The van der Waals surface area contributed by atoms with Crippen molar-refractivity contribution in [1.29, 1.82) is 0 Å². The lowest BCUT2D eigenvalue weighted by Gasteiger charge is -2.20. The van der Waals surface area contributed by atoms with Gasteiger partial charge < -0.3 is 10.1 Å². The van der Waals surface area contributed by atoms with Gasteiger partial charge in [0, 0.05) is 6.54 Å². The summed E-state index contributed by atoms with van der Waals surface area (Å²) in [5, 5.41) is 6.73. The van der Waals surface area contributed by atoms with Crippen LogP contribution in [0.1, 0.15) is 31.5 Å². The molecule has 104 valence electrons. The first-order chi connectivity index (χ1) is 8.42. The standard InChI is InChI=1S/C11H18F3N3O/c1-4-5-17-10(9(18-3)7-16-17)8(15-2)6-11(12,13)14/h7-8,15H,4-6H2,1-3H3. The molecular formula is C11H18F3N3O. The van der Waals surface area contributed by atoms with E-state index in [1.165, 1.54) is 20.4 Å². The van der Waals surface area contributed by atoms with Crippen molar-refractivity contribution < 1.29 is 17.9 Å². The van der Waals surface area contributed by atoms with Gasteiger partial charge in [-0.3, -0.25) is 4.68 Å². The summed E-state index contributed by atoms with van der Waals surface area (Å²) in [5.41, 5.74) is 0.444. The summed E-state index contributed by atoms with van der Waals surface area (Å²) >= 11 is 0. The highest BCUT2D eigenvalue weighted by molar-refractivity contribution is 5.28. The second kappa shape index (κ2) is 6.08. The minimum atomic E-state index is -4.24. The maximum atomic E-state index is 12.5. The summed E-state index contributed by atoms with van der Waals surface area (Å²) in [6, 6.07) is -0.853. The highest BCUT2D eigenvalue weighted by Crippen LogP contribution is 2.33. The Labute approximate surface area is 104 Å². The molecular weight excluding hydrogens is 247 g/mol. The summed E-state index contributed by atoms with van der Waals surface area (Å²) in [6.45, 7) is 2.50. The maximum absolute atomic E-state index is 12.5. The van der Waals surface area contributed by atoms with E-state index in [2.05, 4.69) is 10.4 Å². The number of alkyl halides is 3. The highest BCUT2D eigenvalue weighted by Gasteiger charge is 2.34. The van der Waals surface area contributed by atoms with E-state index in [0.717, 1.165) is 6.42 Å². The third-order valence-electron chi connectivity index (χ3n) is 2.61. The predicted octanol–water partition coefficient (Wildman–Crippen LogP) is 2.51. The van der Waals surface area contributed by atoms with Crippen LogP contribution < -0.4 is 10.1 Å². The van der Waals surface area contributed by atoms with Gasteiger partial charge in [-0.15, -0.1) is 0 Å². The number of ether oxygens (including phenoxy) is 1. The summed E-state index contributed by atoms with van der Waals surface area (Å²) in [4.78, 5) is 0. The maximum Gasteiger partial charge on any atom is 0.390 e. The summed E-state index contributed by atoms with van der Waals surface area (Å²) in [5.74, 6) is 0.382. The van der Waals surface area contributed by atoms with Gasteiger partial charge in [-0.2, -0.15) is 18.3 Å². The van der Waals surface area contributed by atoms with Crippen LogP contribution in [0.2, 0.25) is 0 Å². The number of halogens is 3. The second-order valence-corrected chi connectivity index (χ2v) is 3.98.